The van der Waals surface area contributed by atoms with Crippen molar-refractivity contribution in [2.24, 2.45) is 0 Å². The number of fused-ring (bicyclic) bond motifs is 2. The Balaban J connectivity index is 1.63. The predicted octanol–water partition coefficient (Wildman–Crippen LogP) is 1.96. The first-order chi connectivity index (χ1) is 13.3. The van der Waals surface area contributed by atoms with Crippen LogP contribution >= 0.6 is 0 Å². The van der Waals surface area contributed by atoms with Crippen LogP contribution in [0.3, 0.4) is 0 Å². The number of hydrogen-bond acceptors (Lipinski definition) is 6. The number of aliphatic hydroxyl groups is 1. The van der Waals surface area contributed by atoms with Gasteiger partial charge in [0.05, 0.1) is 6.61 Å². The van der Waals surface area contributed by atoms with E-state index in [2.05, 4.69) is 5.32 Å². The van der Waals surface area contributed by atoms with E-state index in [0.29, 0.717) is 5.75 Å². The van der Waals surface area contributed by atoms with Crippen molar-refractivity contribution in [1.29, 1.82) is 0 Å². The molecular weight excluding hydrogens is 362 g/mol. The number of amides is 1. The fourth-order valence-electron chi connectivity index (χ4n) is 3.76. The van der Waals surface area contributed by atoms with Crippen LogP contribution in [0.5, 0.6) is 5.75 Å². The molecular formula is C21H25NO6. The van der Waals surface area contributed by atoms with Gasteiger partial charge in [0.2, 0.25) is 12.2 Å². The van der Waals surface area contributed by atoms with Crippen LogP contribution in [0.2, 0.25) is 0 Å². The standard InChI is InChI=1S/C21H25NO6/c1-12(23)22-17-18(24)19-16(11-25-21(2,3)28-19)27-20(17)26-15-10-6-8-13-7-4-5-9-14(13)15/h4-10,16-20,24H,11H2,1-3H3,(H,22,23)/t16-,17+,18+,19+,20+/m1/s1. The molecule has 2 aromatic rings. The molecule has 2 aliphatic heterocycles. The molecule has 0 aliphatic carbocycles. The molecule has 5 atom stereocenters. The average Bonchev–Trinajstić information content (AvgIpc) is 2.65. The smallest absolute Gasteiger partial charge is 0.223 e. The second-order valence-corrected chi connectivity index (χ2v) is 7.65. The van der Waals surface area contributed by atoms with Crippen molar-refractivity contribution in [2.75, 3.05) is 6.61 Å². The molecule has 0 unspecified atom stereocenters. The minimum atomic E-state index is -1.01. The summed E-state index contributed by atoms with van der Waals surface area (Å²) in [6.45, 7) is 5.21. The summed E-state index contributed by atoms with van der Waals surface area (Å²) in [6.07, 6.45) is -3.04. The molecule has 0 bridgehead atoms. The summed E-state index contributed by atoms with van der Waals surface area (Å²) in [5.74, 6) is -0.513. The zero-order valence-electron chi connectivity index (χ0n) is 16.1. The van der Waals surface area contributed by atoms with E-state index >= 15 is 0 Å². The van der Waals surface area contributed by atoms with Crippen molar-refractivity contribution >= 4 is 16.7 Å². The normalized spacial score (nSPS) is 31.8. The molecule has 0 spiro atoms. The summed E-state index contributed by atoms with van der Waals surface area (Å²) in [4.78, 5) is 11.8. The predicted molar refractivity (Wildman–Crippen MR) is 102 cm³/mol. The van der Waals surface area contributed by atoms with Gasteiger partial charge in [-0.15, -0.1) is 0 Å². The molecule has 2 saturated heterocycles. The van der Waals surface area contributed by atoms with Gasteiger partial charge in [0.15, 0.2) is 5.79 Å². The third-order valence-electron chi connectivity index (χ3n) is 5.05. The van der Waals surface area contributed by atoms with Crippen LogP contribution in [0.15, 0.2) is 42.5 Å². The van der Waals surface area contributed by atoms with Crippen LogP contribution < -0.4 is 10.1 Å². The first kappa shape index (κ1) is 19.1. The summed E-state index contributed by atoms with van der Waals surface area (Å²) in [7, 11) is 0. The van der Waals surface area contributed by atoms with Crippen molar-refractivity contribution in [3.05, 3.63) is 42.5 Å². The third-order valence-corrected chi connectivity index (χ3v) is 5.05. The fourth-order valence-corrected chi connectivity index (χ4v) is 3.76. The molecule has 150 valence electrons. The maximum atomic E-state index is 11.8. The van der Waals surface area contributed by atoms with Gasteiger partial charge in [0.25, 0.3) is 0 Å². The van der Waals surface area contributed by atoms with Crippen LogP contribution in [-0.2, 0) is 19.0 Å². The fraction of sp³-hybridized carbons (Fsp3) is 0.476. The Morgan fingerprint density at radius 2 is 1.96 bits per heavy atom. The number of benzene rings is 2. The van der Waals surface area contributed by atoms with E-state index in [1.54, 1.807) is 13.8 Å². The van der Waals surface area contributed by atoms with E-state index in [9.17, 15) is 9.90 Å². The third kappa shape index (κ3) is 3.71. The van der Waals surface area contributed by atoms with Crippen molar-refractivity contribution in [3.63, 3.8) is 0 Å². The molecule has 7 nitrogen and oxygen atoms in total. The number of aliphatic hydroxyl groups excluding tert-OH is 1. The molecule has 0 radical (unpaired) electrons. The Bertz CT molecular complexity index is 864. The van der Waals surface area contributed by atoms with Gasteiger partial charge in [-0.3, -0.25) is 4.79 Å². The van der Waals surface area contributed by atoms with E-state index in [1.165, 1.54) is 6.92 Å². The maximum absolute atomic E-state index is 11.8. The second-order valence-electron chi connectivity index (χ2n) is 7.65. The van der Waals surface area contributed by atoms with Crippen molar-refractivity contribution in [3.8, 4) is 5.75 Å². The maximum Gasteiger partial charge on any atom is 0.223 e. The molecule has 2 N–H and O–H groups in total. The number of ether oxygens (including phenoxy) is 4. The highest BCUT2D eigenvalue weighted by Gasteiger charge is 2.52. The van der Waals surface area contributed by atoms with Crippen molar-refractivity contribution in [1.82, 2.24) is 5.32 Å². The van der Waals surface area contributed by atoms with E-state index in [4.69, 9.17) is 18.9 Å². The second kappa shape index (κ2) is 7.33. The molecule has 2 heterocycles. The molecule has 2 fully saturated rings. The molecule has 0 aromatic heterocycles. The van der Waals surface area contributed by atoms with Gasteiger partial charge in [-0.25, -0.2) is 0 Å². The summed E-state index contributed by atoms with van der Waals surface area (Å²) < 4.78 is 23.8. The number of carbonyl (C=O) groups is 1. The molecule has 1 amide bonds. The highest BCUT2D eigenvalue weighted by Crippen LogP contribution is 2.34. The largest absolute Gasteiger partial charge is 0.462 e. The first-order valence-electron chi connectivity index (χ1n) is 9.41. The Hall–Kier alpha value is -2.19. The van der Waals surface area contributed by atoms with Gasteiger partial charge in [0.1, 0.15) is 30.1 Å². The summed E-state index contributed by atoms with van der Waals surface area (Å²) in [5.41, 5.74) is 0. The zero-order valence-corrected chi connectivity index (χ0v) is 16.1. The number of nitrogens with one attached hydrogen (secondary N) is 1. The first-order valence-corrected chi connectivity index (χ1v) is 9.41. The minimum Gasteiger partial charge on any atom is -0.462 e. The van der Waals surface area contributed by atoms with E-state index < -0.39 is 36.4 Å². The Labute approximate surface area is 163 Å². The zero-order chi connectivity index (χ0) is 19.9. The van der Waals surface area contributed by atoms with Gasteiger partial charge < -0.3 is 29.4 Å². The monoisotopic (exact) mass is 387 g/mol. The van der Waals surface area contributed by atoms with Crippen molar-refractivity contribution in [2.45, 2.75) is 57.2 Å². The lowest BCUT2D eigenvalue weighted by molar-refractivity contribution is -0.361. The lowest BCUT2D eigenvalue weighted by atomic mass is 9.95. The van der Waals surface area contributed by atoms with Gasteiger partial charge in [0, 0.05) is 12.3 Å². The highest BCUT2D eigenvalue weighted by atomic mass is 16.8. The van der Waals surface area contributed by atoms with Gasteiger partial charge >= 0.3 is 0 Å². The van der Waals surface area contributed by atoms with E-state index in [0.717, 1.165) is 10.8 Å². The van der Waals surface area contributed by atoms with E-state index in [-0.39, 0.29) is 12.5 Å². The Kier molecular flexibility index (Phi) is 5.01. The van der Waals surface area contributed by atoms with Gasteiger partial charge in [-0.05, 0) is 25.3 Å². The minimum absolute atomic E-state index is 0.261. The lowest BCUT2D eigenvalue weighted by Gasteiger charge is -2.49. The van der Waals surface area contributed by atoms with E-state index in [1.807, 2.05) is 42.5 Å². The van der Waals surface area contributed by atoms with Crippen LogP contribution in [0.25, 0.3) is 10.8 Å². The Morgan fingerprint density at radius 3 is 2.75 bits per heavy atom. The summed E-state index contributed by atoms with van der Waals surface area (Å²) in [6, 6.07) is 12.8. The van der Waals surface area contributed by atoms with Crippen LogP contribution in [-0.4, -0.2) is 54.1 Å². The number of hydrogen-bond donors (Lipinski definition) is 2. The molecule has 28 heavy (non-hydrogen) atoms. The number of rotatable bonds is 3. The lowest BCUT2D eigenvalue weighted by Crippen LogP contribution is -2.69. The van der Waals surface area contributed by atoms with Gasteiger partial charge in [-0.1, -0.05) is 36.4 Å². The highest BCUT2D eigenvalue weighted by molar-refractivity contribution is 5.88. The van der Waals surface area contributed by atoms with Crippen LogP contribution in [0, 0.1) is 0 Å². The SMILES string of the molecule is CC(=O)N[C@@H]1[C@@H](Oc2cccc3ccccc23)O[C@@H]2COC(C)(C)O[C@@H]2[C@H]1O. The molecule has 2 aliphatic rings. The average molecular weight is 387 g/mol. The van der Waals surface area contributed by atoms with Crippen molar-refractivity contribution < 1.29 is 28.8 Å². The van der Waals surface area contributed by atoms with Gasteiger partial charge in [-0.2, -0.15) is 0 Å². The molecule has 2 aromatic carbocycles. The molecule has 7 heteroatoms. The van der Waals surface area contributed by atoms with Crippen LogP contribution in [0.1, 0.15) is 20.8 Å². The Morgan fingerprint density at radius 1 is 1.21 bits per heavy atom. The topological polar surface area (TPSA) is 86.3 Å². The quantitative estimate of drug-likeness (QED) is 0.837. The van der Waals surface area contributed by atoms with Crippen LogP contribution in [0.4, 0.5) is 0 Å². The summed E-state index contributed by atoms with van der Waals surface area (Å²) in [5, 5.41) is 15.6. The molecule has 0 saturated carbocycles. The summed E-state index contributed by atoms with van der Waals surface area (Å²) >= 11 is 0. The molecule has 4 rings (SSSR count). The number of carbonyl (C=O) groups excluding carboxylic acids is 1.